The van der Waals surface area contributed by atoms with Crippen LogP contribution in [0.25, 0.3) is 0 Å². The van der Waals surface area contributed by atoms with Gasteiger partial charge in [-0.05, 0) is 34.1 Å². The van der Waals surface area contributed by atoms with E-state index in [4.69, 9.17) is 0 Å². The van der Waals surface area contributed by atoms with E-state index in [9.17, 15) is 23.7 Å². The molecule has 8 nitrogen and oxygen atoms in total. The molecule has 1 amide bonds. The van der Waals surface area contributed by atoms with E-state index >= 15 is 0 Å². The molecule has 11 heteroatoms. The van der Waals surface area contributed by atoms with Crippen LogP contribution in [0.5, 0.6) is 5.75 Å². The highest BCUT2D eigenvalue weighted by Gasteiger charge is 2.16. The van der Waals surface area contributed by atoms with Crippen molar-refractivity contribution in [2.24, 2.45) is 0 Å². The SMILES string of the molecule is O=C(Nc1ccccc1OC(F)F)c1cc(Cn2ccc([N+](=O)[O-])n2)cs1. The number of hydrogen-bond donors (Lipinski definition) is 1. The predicted octanol–water partition coefficient (Wildman–Crippen LogP) is 3.75. The first-order chi connectivity index (χ1) is 12.9. The number of carbonyl (C=O) groups is 1. The zero-order valence-electron chi connectivity index (χ0n) is 13.5. The summed E-state index contributed by atoms with van der Waals surface area (Å²) >= 11 is 1.15. The number of alkyl halides is 2. The van der Waals surface area contributed by atoms with Crippen molar-refractivity contribution < 1.29 is 23.2 Å². The highest BCUT2D eigenvalue weighted by Crippen LogP contribution is 2.27. The number of hydrogen-bond acceptors (Lipinski definition) is 6. The van der Waals surface area contributed by atoms with Crippen molar-refractivity contribution in [2.75, 3.05) is 5.32 Å². The van der Waals surface area contributed by atoms with Crippen molar-refractivity contribution in [1.29, 1.82) is 0 Å². The van der Waals surface area contributed by atoms with Gasteiger partial charge in [-0.15, -0.1) is 11.3 Å². The molecule has 3 aromatic rings. The molecule has 0 saturated carbocycles. The van der Waals surface area contributed by atoms with Gasteiger partial charge in [-0.25, -0.2) is 0 Å². The lowest BCUT2D eigenvalue weighted by atomic mass is 10.2. The Labute approximate surface area is 155 Å². The van der Waals surface area contributed by atoms with Crippen LogP contribution in [0.15, 0.2) is 48.0 Å². The van der Waals surface area contributed by atoms with E-state index in [1.54, 1.807) is 17.5 Å². The maximum Gasteiger partial charge on any atom is 0.389 e. The summed E-state index contributed by atoms with van der Waals surface area (Å²) < 4.78 is 30.6. The number of ether oxygens (including phenoxy) is 1. The monoisotopic (exact) mass is 394 g/mol. The van der Waals surface area contributed by atoms with Gasteiger partial charge in [0, 0.05) is 0 Å². The summed E-state index contributed by atoms with van der Waals surface area (Å²) in [7, 11) is 0. The van der Waals surface area contributed by atoms with E-state index in [-0.39, 0.29) is 23.8 Å². The van der Waals surface area contributed by atoms with E-state index in [1.165, 1.54) is 35.1 Å². The number of nitrogens with one attached hydrogen (secondary N) is 1. The van der Waals surface area contributed by atoms with E-state index in [0.717, 1.165) is 16.9 Å². The largest absolute Gasteiger partial charge is 0.433 e. The van der Waals surface area contributed by atoms with Crippen LogP contribution in [0.2, 0.25) is 0 Å². The first-order valence-electron chi connectivity index (χ1n) is 7.53. The molecule has 0 aliphatic carbocycles. The number of halogens is 2. The maximum absolute atomic E-state index is 12.4. The molecule has 0 aliphatic heterocycles. The fourth-order valence-corrected chi connectivity index (χ4v) is 3.05. The highest BCUT2D eigenvalue weighted by molar-refractivity contribution is 7.12. The van der Waals surface area contributed by atoms with Gasteiger partial charge in [0.2, 0.25) is 0 Å². The van der Waals surface area contributed by atoms with Crippen molar-refractivity contribution in [3.8, 4) is 5.75 Å². The summed E-state index contributed by atoms with van der Waals surface area (Å²) in [5.74, 6) is -0.886. The van der Waals surface area contributed by atoms with Crippen molar-refractivity contribution in [2.45, 2.75) is 13.2 Å². The molecule has 1 N–H and O–H groups in total. The van der Waals surface area contributed by atoms with Gasteiger partial charge in [0.25, 0.3) is 5.91 Å². The van der Waals surface area contributed by atoms with E-state index in [2.05, 4.69) is 15.2 Å². The van der Waals surface area contributed by atoms with Crippen LogP contribution in [0.1, 0.15) is 15.2 Å². The number of benzene rings is 1. The fraction of sp³-hybridized carbons (Fsp3) is 0.125. The highest BCUT2D eigenvalue weighted by atomic mass is 32.1. The number of nitro groups is 1. The quantitative estimate of drug-likeness (QED) is 0.486. The minimum atomic E-state index is -3.01. The lowest BCUT2D eigenvalue weighted by molar-refractivity contribution is -0.389. The number of anilines is 1. The van der Waals surface area contributed by atoms with E-state index < -0.39 is 17.4 Å². The van der Waals surface area contributed by atoms with Crippen molar-refractivity contribution in [3.05, 3.63) is 68.5 Å². The number of carbonyl (C=O) groups excluding carboxylic acids is 1. The van der Waals surface area contributed by atoms with Crippen LogP contribution in [0.4, 0.5) is 20.3 Å². The third kappa shape index (κ3) is 4.64. The van der Waals surface area contributed by atoms with Crippen LogP contribution in [-0.4, -0.2) is 27.2 Å². The van der Waals surface area contributed by atoms with Crippen molar-refractivity contribution >= 4 is 28.7 Å². The third-order valence-corrected chi connectivity index (χ3v) is 4.36. The second-order valence-electron chi connectivity index (χ2n) is 5.28. The number of para-hydroxylation sites is 2. The first-order valence-corrected chi connectivity index (χ1v) is 8.41. The Kier molecular flexibility index (Phi) is 5.41. The van der Waals surface area contributed by atoms with E-state index in [1.807, 2.05) is 0 Å². The van der Waals surface area contributed by atoms with Gasteiger partial charge in [0.1, 0.15) is 5.75 Å². The number of nitrogens with zero attached hydrogens (tertiary/aromatic N) is 3. The average Bonchev–Trinajstić information content (AvgIpc) is 3.26. The first kappa shape index (κ1) is 18.5. The number of thiophene rings is 1. The van der Waals surface area contributed by atoms with Gasteiger partial charge in [-0.3, -0.25) is 4.79 Å². The standard InChI is InChI=1S/C16H12F2N4O4S/c17-16(18)26-12-4-2-1-3-11(12)19-15(23)13-7-10(9-27-13)8-21-6-5-14(20-21)22(24)25/h1-7,9,16H,8H2,(H,19,23). The molecular formula is C16H12F2N4O4S. The fourth-order valence-electron chi connectivity index (χ4n) is 2.25. The Morgan fingerprint density at radius 1 is 1.37 bits per heavy atom. The zero-order valence-corrected chi connectivity index (χ0v) is 14.4. The van der Waals surface area contributed by atoms with Crippen LogP contribution >= 0.6 is 11.3 Å². The van der Waals surface area contributed by atoms with Gasteiger partial charge >= 0.3 is 12.4 Å². The number of aromatic nitrogens is 2. The van der Waals surface area contributed by atoms with E-state index in [0.29, 0.717) is 4.88 Å². The van der Waals surface area contributed by atoms with Gasteiger partial charge in [0.05, 0.1) is 34.5 Å². The minimum absolute atomic E-state index is 0.125. The molecule has 0 aliphatic rings. The van der Waals surface area contributed by atoms with Crippen molar-refractivity contribution in [1.82, 2.24) is 9.78 Å². The summed E-state index contributed by atoms with van der Waals surface area (Å²) in [4.78, 5) is 22.8. The summed E-state index contributed by atoms with van der Waals surface area (Å²) in [6, 6.07) is 8.75. The Bertz CT molecular complexity index is 973. The topological polar surface area (TPSA) is 99.3 Å². The smallest absolute Gasteiger partial charge is 0.389 e. The Hall–Kier alpha value is -3.34. The van der Waals surface area contributed by atoms with Crippen molar-refractivity contribution in [3.63, 3.8) is 0 Å². The summed E-state index contributed by atoms with van der Waals surface area (Å²) in [5, 5.41) is 18.7. The Morgan fingerprint density at radius 3 is 2.85 bits per heavy atom. The predicted molar refractivity (Wildman–Crippen MR) is 93.3 cm³/mol. The van der Waals surface area contributed by atoms with Crippen LogP contribution in [0.3, 0.4) is 0 Å². The van der Waals surface area contributed by atoms with Gasteiger partial charge in [-0.2, -0.15) is 13.5 Å². The summed E-state index contributed by atoms with van der Waals surface area (Å²) in [6.45, 7) is -2.75. The molecule has 0 fully saturated rings. The molecule has 0 atom stereocenters. The Morgan fingerprint density at radius 2 is 2.15 bits per heavy atom. The summed E-state index contributed by atoms with van der Waals surface area (Å²) in [6.07, 6.45) is 1.47. The molecule has 2 aromatic heterocycles. The molecular weight excluding hydrogens is 382 g/mol. The normalized spacial score (nSPS) is 10.8. The van der Waals surface area contributed by atoms with Crippen LogP contribution in [0, 0.1) is 10.1 Å². The molecule has 0 saturated heterocycles. The molecule has 0 unspecified atom stereocenters. The summed E-state index contributed by atoms with van der Waals surface area (Å²) in [5.41, 5.74) is 0.848. The molecule has 0 radical (unpaired) electrons. The lowest BCUT2D eigenvalue weighted by Gasteiger charge is -2.10. The number of rotatable bonds is 7. The minimum Gasteiger partial charge on any atom is -0.433 e. The molecule has 0 bridgehead atoms. The van der Waals surface area contributed by atoms with Gasteiger partial charge in [0.15, 0.2) is 0 Å². The molecule has 27 heavy (non-hydrogen) atoms. The lowest BCUT2D eigenvalue weighted by Crippen LogP contribution is -2.12. The third-order valence-electron chi connectivity index (χ3n) is 3.39. The molecule has 3 rings (SSSR count). The van der Waals surface area contributed by atoms with Crippen LogP contribution < -0.4 is 10.1 Å². The van der Waals surface area contributed by atoms with Gasteiger partial charge in [-0.1, -0.05) is 12.1 Å². The Balaban J connectivity index is 1.69. The maximum atomic E-state index is 12.4. The van der Waals surface area contributed by atoms with Crippen LogP contribution in [-0.2, 0) is 6.54 Å². The molecule has 0 spiro atoms. The molecule has 2 heterocycles. The van der Waals surface area contributed by atoms with Gasteiger partial charge < -0.3 is 20.2 Å². The molecule has 1 aromatic carbocycles. The number of amides is 1. The second-order valence-corrected chi connectivity index (χ2v) is 6.19. The molecule has 140 valence electrons. The second kappa shape index (κ2) is 7.91. The zero-order chi connectivity index (χ0) is 19.4. The average molecular weight is 394 g/mol.